The summed E-state index contributed by atoms with van der Waals surface area (Å²) >= 11 is 0. The van der Waals surface area contributed by atoms with E-state index >= 15 is 0 Å². The Morgan fingerprint density at radius 3 is 2.09 bits per heavy atom. The predicted octanol–water partition coefficient (Wildman–Crippen LogP) is 3.26. The Labute approximate surface area is 178 Å². The second-order valence-corrected chi connectivity index (χ2v) is 6.65. The van der Waals surface area contributed by atoms with Crippen molar-refractivity contribution in [3.05, 3.63) is 109 Å². The molecule has 11 nitrogen and oxygen atoms in total. The van der Waals surface area contributed by atoms with Gasteiger partial charge < -0.3 is 0 Å². The summed E-state index contributed by atoms with van der Waals surface area (Å²) in [6.45, 7) is 0. The number of nitrogens with zero attached hydrogens (tertiary/aromatic N) is 4. The van der Waals surface area contributed by atoms with E-state index in [4.69, 9.17) is 0 Å². The Balaban J connectivity index is 1.87. The van der Waals surface area contributed by atoms with E-state index in [1.807, 2.05) is 0 Å². The molecule has 0 spiro atoms. The number of nitro groups is 2. The van der Waals surface area contributed by atoms with Gasteiger partial charge in [-0.25, -0.2) is 4.98 Å². The first kappa shape index (κ1) is 20.3. The number of aromatic nitrogens is 2. The number of carbonyl (C=O) groups is 1. The summed E-state index contributed by atoms with van der Waals surface area (Å²) < 4.78 is 0.921. The SMILES string of the molecule is O=C(Nn1c(-c2ccccc2)nc2ccccc2c1=O)c1cc([N+](=O)[O-])cc([N+](=O)[O-])c1. The lowest BCUT2D eigenvalue weighted by Gasteiger charge is -2.14. The number of non-ortho nitro benzene ring substituents is 2. The number of carbonyl (C=O) groups excluding carboxylic acids is 1. The van der Waals surface area contributed by atoms with E-state index in [2.05, 4.69) is 10.4 Å². The molecule has 0 unspecified atom stereocenters. The predicted molar refractivity (Wildman–Crippen MR) is 115 cm³/mol. The summed E-state index contributed by atoms with van der Waals surface area (Å²) in [6, 6.07) is 17.7. The topological polar surface area (TPSA) is 150 Å². The van der Waals surface area contributed by atoms with Crippen LogP contribution in [0.5, 0.6) is 0 Å². The van der Waals surface area contributed by atoms with Crippen molar-refractivity contribution in [2.24, 2.45) is 0 Å². The third kappa shape index (κ3) is 3.77. The molecule has 0 aliphatic carbocycles. The van der Waals surface area contributed by atoms with Crippen LogP contribution in [0.1, 0.15) is 10.4 Å². The Bertz CT molecular complexity index is 1420. The molecule has 1 N–H and O–H groups in total. The van der Waals surface area contributed by atoms with Crippen LogP contribution >= 0.6 is 0 Å². The molecule has 0 aliphatic rings. The first-order chi connectivity index (χ1) is 15.3. The number of nitrogens with one attached hydrogen (secondary N) is 1. The summed E-state index contributed by atoms with van der Waals surface area (Å²) in [5.41, 5.74) is 1.12. The molecule has 1 amide bonds. The molecule has 158 valence electrons. The fourth-order valence-corrected chi connectivity index (χ4v) is 3.12. The number of hydrogen-bond donors (Lipinski definition) is 1. The summed E-state index contributed by atoms with van der Waals surface area (Å²) in [5.74, 6) is -0.823. The molecule has 1 heterocycles. The van der Waals surface area contributed by atoms with Crippen molar-refractivity contribution in [2.75, 3.05) is 5.43 Å². The van der Waals surface area contributed by atoms with E-state index in [1.165, 1.54) is 0 Å². The minimum absolute atomic E-state index is 0.127. The average molecular weight is 431 g/mol. The van der Waals surface area contributed by atoms with Crippen LogP contribution < -0.4 is 11.0 Å². The van der Waals surface area contributed by atoms with Crippen LogP contribution in [0.2, 0.25) is 0 Å². The molecule has 4 aromatic rings. The molecule has 0 aliphatic heterocycles. The molecule has 0 saturated heterocycles. The Morgan fingerprint density at radius 1 is 0.875 bits per heavy atom. The van der Waals surface area contributed by atoms with Crippen molar-refractivity contribution in [1.29, 1.82) is 0 Å². The molecule has 11 heteroatoms. The molecule has 0 atom stereocenters. The molecule has 0 fully saturated rings. The average Bonchev–Trinajstić information content (AvgIpc) is 2.80. The molecule has 0 saturated carbocycles. The highest BCUT2D eigenvalue weighted by Gasteiger charge is 2.22. The monoisotopic (exact) mass is 431 g/mol. The Morgan fingerprint density at radius 2 is 1.47 bits per heavy atom. The highest BCUT2D eigenvalue weighted by molar-refractivity contribution is 6.01. The summed E-state index contributed by atoms with van der Waals surface area (Å²) in [7, 11) is 0. The highest BCUT2D eigenvalue weighted by Crippen LogP contribution is 2.23. The lowest BCUT2D eigenvalue weighted by atomic mass is 10.1. The summed E-state index contributed by atoms with van der Waals surface area (Å²) in [5, 5.41) is 22.5. The van der Waals surface area contributed by atoms with Crippen LogP contribution in [-0.4, -0.2) is 25.4 Å². The van der Waals surface area contributed by atoms with E-state index < -0.39 is 32.7 Å². The number of fused-ring (bicyclic) bond motifs is 1. The number of benzene rings is 3. The first-order valence-corrected chi connectivity index (χ1v) is 9.17. The number of amides is 1. The van der Waals surface area contributed by atoms with Crippen LogP contribution in [-0.2, 0) is 0 Å². The largest absolute Gasteiger partial charge is 0.280 e. The van der Waals surface area contributed by atoms with Crippen molar-refractivity contribution >= 4 is 28.2 Å². The third-order valence-corrected chi connectivity index (χ3v) is 4.61. The van der Waals surface area contributed by atoms with Crippen molar-refractivity contribution < 1.29 is 14.6 Å². The molecule has 1 aromatic heterocycles. The van der Waals surface area contributed by atoms with Gasteiger partial charge >= 0.3 is 0 Å². The zero-order valence-electron chi connectivity index (χ0n) is 16.2. The molecule has 0 radical (unpaired) electrons. The fraction of sp³-hybridized carbons (Fsp3) is 0. The zero-order chi connectivity index (χ0) is 22.8. The fourth-order valence-electron chi connectivity index (χ4n) is 3.12. The van der Waals surface area contributed by atoms with Crippen LogP contribution in [0.3, 0.4) is 0 Å². The van der Waals surface area contributed by atoms with Crippen LogP contribution in [0.15, 0.2) is 77.6 Å². The molecule has 0 bridgehead atoms. The quantitative estimate of drug-likeness (QED) is 0.376. The van der Waals surface area contributed by atoms with Gasteiger partial charge in [-0.3, -0.25) is 35.2 Å². The Kier molecular flexibility index (Phi) is 5.13. The maximum Gasteiger partial charge on any atom is 0.280 e. The summed E-state index contributed by atoms with van der Waals surface area (Å²) in [4.78, 5) is 51.1. The van der Waals surface area contributed by atoms with Crippen molar-refractivity contribution in [3.63, 3.8) is 0 Å². The highest BCUT2D eigenvalue weighted by atomic mass is 16.6. The summed E-state index contributed by atoms with van der Waals surface area (Å²) in [6.07, 6.45) is 0. The van der Waals surface area contributed by atoms with Gasteiger partial charge in [-0.1, -0.05) is 42.5 Å². The minimum atomic E-state index is -0.951. The number of hydrogen-bond acceptors (Lipinski definition) is 7. The zero-order valence-corrected chi connectivity index (χ0v) is 16.2. The standard InChI is InChI=1S/C21H13N5O6/c27-20(14-10-15(25(29)30)12-16(11-14)26(31)32)23-24-19(13-6-2-1-3-7-13)22-18-9-5-4-8-17(18)21(24)28/h1-12H,(H,23,27). The van der Waals surface area contributed by atoms with Gasteiger partial charge in [0.15, 0.2) is 5.82 Å². The number of rotatable bonds is 5. The molecular formula is C21H13N5O6. The second-order valence-electron chi connectivity index (χ2n) is 6.65. The van der Waals surface area contributed by atoms with Crippen molar-refractivity contribution in [1.82, 2.24) is 9.66 Å². The van der Waals surface area contributed by atoms with Gasteiger partial charge in [0.25, 0.3) is 22.8 Å². The maximum atomic E-state index is 13.1. The normalized spacial score (nSPS) is 10.6. The maximum absolute atomic E-state index is 13.1. The van der Waals surface area contributed by atoms with E-state index in [1.54, 1.807) is 54.6 Å². The van der Waals surface area contributed by atoms with Gasteiger partial charge in [0, 0.05) is 17.7 Å². The van der Waals surface area contributed by atoms with Crippen LogP contribution in [0, 0.1) is 20.2 Å². The van der Waals surface area contributed by atoms with E-state index in [9.17, 15) is 29.8 Å². The van der Waals surface area contributed by atoms with Gasteiger partial charge in [0.2, 0.25) is 0 Å². The number of para-hydroxylation sites is 1. The van der Waals surface area contributed by atoms with E-state index in [0.717, 1.165) is 22.9 Å². The van der Waals surface area contributed by atoms with Crippen molar-refractivity contribution in [3.8, 4) is 11.4 Å². The molecule has 3 aromatic carbocycles. The third-order valence-electron chi connectivity index (χ3n) is 4.61. The number of nitro benzene ring substituents is 2. The van der Waals surface area contributed by atoms with Gasteiger partial charge in [0.1, 0.15) is 0 Å². The van der Waals surface area contributed by atoms with Gasteiger partial charge in [0.05, 0.1) is 32.4 Å². The van der Waals surface area contributed by atoms with Crippen LogP contribution in [0.25, 0.3) is 22.3 Å². The molecular weight excluding hydrogens is 418 g/mol. The van der Waals surface area contributed by atoms with E-state index in [-0.39, 0.29) is 16.8 Å². The van der Waals surface area contributed by atoms with Gasteiger partial charge in [-0.05, 0) is 12.1 Å². The molecule has 32 heavy (non-hydrogen) atoms. The molecule has 4 rings (SSSR count). The minimum Gasteiger partial charge on any atom is -0.267 e. The van der Waals surface area contributed by atoms with Gasteiger partial charge in [-0.2, -0.15) is 4.68 Å². The lowest BCUT2D eigenvalue weighted by Crippen LogP contribution is -2.35. The van der Waals surface area contributed by atoms with Crippen molar-refractivity contribution in [2.45, 2.75) is 0 Å². The lowest BCUT2D eigenvalue weighted by molar-refractivity contribution is -0.394. The van der Waals surface area contributed by atoms with Gasteiger partial charge in [-0.15, -0.1) is 0 Å². The smallest absolute Gasteiger partial charge is 0.267 e. The Hall–Kier alpha value is -4.93. The second kappa shape index (κ2) is 8.07. The first-order valence-electron chi connectivity index (χ1n) is 9.17. The van der Waals surface area contributed by atoms with Crippen LogP contribution in [0.4, 0.5) is 11.4 Å². The van der Waals surface area contributed by atoms with E-state index in [0.29, 0.717) is 11.1 Å².